The van der Waals surface area contributed by atoms with Gasteiger partial charge in [-0.1, -0.05) is 24.3 Å². The summed E-state index contributed by atoms with van der Waals surface area (Å²) in [4.78, 5) is 20.0. The van der Waals surface area contributed by atoms with E-state index in [1.807, 2.05) is 18.2 Å². The number of nitrogens with one attached hydrogen (secondary N) is 1. The molecule has 0 saturated carbocycles. The largest absolute Gasteiger partial charge is 0.352 e. The number of fused-ring (bicyclic) bond motifs is 1. The molecule has 30 heavy (non-hydrogen) atoms. The molecule has 0 aliphatic carbocycles. The lowest BCUT2D eigenvalue weighted by molar-refractivity contribution is 0.0946. The van der Waals surface area contributed by atoms with E-state index >= 15 is 0 Å². The molecule has 7 heteroatoms. The van der Waals surface area contributed by atoms with Gasteiger partial charge in [-0.15, -0.1) is 10.2 Å². The molecule has 2 fully saturated rings. The van der Waals surface area contributed by atoms with Crippen LogP contribution >= 0.6 is 0 Å². The Morgan fingerprint density at radius 1 is 1.10 bits per heavy atom. The van der Waals surface area contributed by atoms with Crippen molar-refractivity contribution >= 4 is 22.5 Å². The molecule has 2 aliphatic rings. The van der Waals surface area contributed by atoms with E-state index in [4.69, 9.17) is 0 Å². The van der Waals surface area contributed by atoms with Gasteiger partial charge in [0, 0.05) is 55.6 Å². The van der Waals surface area contributed by atoms with E-state index in [0.717, 1.165) is 55.7 Å². The summed E-state index contributed by atoms with van der Waals surface area (Å²) in [5, 5.41) is 13.8. The molecule has 1 aromatic carbocycles. The molecular weight excluding hydrogens is 376 g/mol. The maximum atomic E-state index is 12.9. The molecule has 0 spiro atoms. The highest BCUT2D eigenvalue weighted by Crippen LogP contribution is 2.27. The van der Waals surface area contributed by atoms with Crippen LogP contribution in [0.25, 0.3) is 10.8 Å². The number of rotatable bonds is 6. The van der Waals surface area contributed by atoms with Crippen molar-refractivity contribution in [2.45, 2.75) is 45.2 Å². The summed E-state index contributed by atoms with van der Waals surface area (Å²) in [5.74, 6) is 0.758. The number of carbonyl (C=O) groups excluding carboxylic acids is 1. The second kappa shape index (κ2) is 9.27. The molecule has 1 amide bonds. The predicted octanol–water partition coefficient (Wildman–Crippen LogP) is 2.37. The molecular formula is C23H34N6O. The Bertz CT molecular complexity index is 877. The van der Waals surface area contributed by atoms with E-state index < -0.39 is 0 Å². The van der Waals surface area contributed by atoms with Crippen molar-refractivity contribution in [1.29, 1.82) is 0 Å². The van der Waals surface area contributed by atoms with Crippen LogP contribution in [0.1, 0.15) is 43.6 Å². The van der Waals surface area contributed by atoms with Gasteiger partial charge in [0.25, 0.3) is 5.91 Å². The van der Waals surface area contributed by atoms with Crippen LogP contribution < -0.4 is 10.2 Å². The van der Waals surface area contributed by atoms with Gasteiger partial charge in [-0.05, 0) is 46.7 Å². The number of anilines is 1. The molecule has 2 saturated heterocycles. The van der Waals surface area contributed by atoms with Crippen LogP contribution in [0.5, 0.6) is 0 Å². The highest BCUT2D eigenvalue weighted by atomic mass is 16.1. The zero-order valence-corrected chi connectivity index (χ0v) is 18.5. The SMILES string of the molecule is CC(C)N1CCN(c2nnc(C(=O)NCCC3CCCN3C)c3ccccc23)CC1. The van der Waals surface area contributed by atoms with Crippen molar-refractivity contribution in [1.82, 2.24) is 25.3 Å². The number of piperazine rings is 1. The summed E-state index contributed by atoms with van der Waals surface area (Å²) in [6.45, 7) is 10.2. The lowest BCUT2D eigenvalue weighted by atomic mass is 10.1. The van der Waals surface area contributed by atoms with Gasteiger partial charge < -0.3 is 15.1 Å². The van der Waals surface area contributed by atoms with Crippen LogP contribution in [0.4, 0.5) is 5.82 Å². The molecule has 2 aromatic rings. The van der Waals surface area contributed by atoms with Crippen molar-refractivity contribution in [3.8, 4) is 0 Å². The molecule has 1 N–H and O–H groups in total. The number of benzene rings is 1. The first-order valence-electron chi connectivity index (χ1n) is 11.3. The van der Waals surface area contributed by atoms with Crippen LogP contribution in [-0.2, 0) is 0 Å². The number of aromatic nitrogens is 2. The van der Waals surface area contributed by atoms with Crippen LogP contribution in [-0.4, -0.2) is 84.3 Å². The maximum Gasteiger partial charge on any atom is 0.272 e. The summed E-state index contributed by atoms with van der Waals surface area (Å²) in [7, 11) is 2.16. The molecule has 0 radical (unpaired) electrons. The Balaban J connectivity index is 1.47. The Kier molecular flexibility index (Phi) is 6.49. The second-order valence-corrected chi connectivity index (χ2v) is 8.86. The third-order valence-corrected chi connectivity index (χ3v) is 6.66. The topological polar surface area (TPSA) is 64.6 Å². The minimum absolute atomic E-state index is 0.129. The van der Waals surface area contributed by atoms with E-state index in [0.29, 0.717) is 24.3 Å². The van der Waals surface area contributed by atoms with Crippen molar-refractivity contribution in [2.75, 3.05) is 51.2 Å². The van der Waals surface area contributed by atoms with E-state index in [-0.39, 0.29) is 5.91 Å². The number of likely N-dealkylation sites (tertiary alicyclic amines) is 1. The number of nitrogens with zero attached hydrogens (tertiary/aromatic N) is 5. The molecule has 4 rings (SSSR count). The number of hydrogen-bond donors (Lipinski definition) is 1. The molecule has 2 aliphatic heterocycles. The third-order valence-electron chi connectivity index (χ3n) is 6.66. The van der Waals surface area contributed by atoms with E-state index in [1.54, 1.807) is 0 Å². The normalized spacial score (nSPS) is 20.9. The van der Waals surface area contributed by atoms with Crippen molar-refractivity contribution in [3.05, 3.63) is 30.0 Å². The van der Waals surface area contributed by atoms with Crippen LogP contribution in [0.15, 0.2) is 24.3 Å². The summed E-state index contributed by atoms with van der Waals surface area (Å²) in [6.07, 6.45) is 3.44. The fourth-order valence-corrected chi connectivity index (χ4v) is 4.72. The van der Waals surface area contributed by atoms with Gasteiger partial charge in [-0.2, -0.15) is 0 Å². The summed E-state index contributed by atoms with van der Waals surface area (Å²) in [6, 6.07) is 9.14. The van der Waals surface area contributed by atoms with Crippen molar-refractivity contribution in [2.24, 2.45) is 0 Å². The first-order chi connectivity index (χ1) is 14.5. The van der Waals surface area contributed by atoms with Crippen LogP contribution in [0, 0.1) is 0 Å². The average molecular weight is 411 g/mol. The third kappa shape index (κ3) is 4.42. The lowest BCUT2D eigenvalue weighted by Gasteiger charge is -2.37. The van der Waals surface area contributed by atoms with Gasteiger partial charge in [0.15, 0.2) is 11.5 Å². The van der Waals surface area contributed by atoms with E-state index in [9.17, 15) is 4.79 Å². The molecule has 162 valence electrons. The first kappa shape index (κ1) is 21.0. The van der Waals surface area contributed by atoms with E-state index in [2.05, 4.69) is 57.2 Å². The van der Waals surface area contributed by atoms with Crippen molar-refractivity contribution in [3.63, 3.8) is 0 Å². The van der Waals surface area contributed by atoms with Crippen molar-refractivity contribution < 1.29 is 4.79 Å². The predicted molar refractivity (Wildman–Crippen MR) is 121 cm³/mol. The Hall–Kier alpha value is -2.25. The minimum Gasteiger partial charge on any atom is -0.352 e. The quantitative estimate of drug-likeness (QED) is 0.789. The first-order valence-corrected chi connectivity index (χ1v) is 11.3. The Morgan fingerprint density at radius 3 is 2.50 bits per heavy atom. The number of hydrogen-bond acceptors (Lipinski definition) is 6. The molecule has 1 aromatic heterocycles. The molecule has 1 unspecified atom stereocenters. The maximum absolute atomic E-state index is 12.9. The molecule has 1 atom stereocenters. The van der Waals surface area contributed by atoms with Crippen LogP contribution in [0.3, 0.4) is 0 Å². The zero-order chi connectivity index (χ0) is 21.1. The number of amides is 1. The monoisotopic (exact) mass is 410 g/mol. The fourth-order valence-electron chi connectivity index (χ4n) is 4.72. The minimum atomic E-state index is -0.129. The standard InChI is InChI=1S/C23H34N6O/c1-17(2)28-13-15-29(16-14-28)22-20-9-5-4-8-19(20)21(25-26-22)23(30)24-11-10-18-7-6-12-27(18)3/h4-5,8-9,17-18H,6-7,10-16H2,1-3H3,(H,24,30). The fraction of sp³-hybridized carbons (Fsp3) is 0.609. The second-order valence-electron chi connectivity index (χ2n) is 8.86. The summed E-state index contributed by atoms with van der Waals surface area (Å²) < 4.78 is 0. The zero-order valence-electron chi connectivity index (χ0n) is 18.5. The Labute approximate surface area is 179 Å². The van der Waals surface area contributed by atoms with Gasteiger partial charge in [0.05, 0.1) is 0 Å². The van der Waals surface area contributed by atoms with Gasteiger partial charge in [0.2, 0.25) is 0 Å². The van der Waals surface area contributed by atoms with Gasteiger partial charge in [-0.3, -0.25) is 9.69 Å². The highest BCUT2D eigenvalue weighted by Gasteiger charge is 2.24. The van der Waals surface area contributed by atoms with Gasteiger partial charge in [0.1, 0.15) is 0 Å². The lowest BCUT2D eigenvalue weighted by Crippen LogP contribution is -2.49. The highest BCUT2D eigenvalue weighted by molar-refractivity contribution is 6.07. The van der Waals surface area contributed by atoms with Gasteiger partial charge in [-0.25, -0.2) is 0 Å². The smallest absolute Gasteiger partial charge is 0.272 e. The number of carbonyl (C=O) groups is 1. The molecule has 0 bridgehead atoms. The Morgan fingerprint density at radius 2 is 1.83 bits per heavy atom. The molecule has 3 heterocycles. The van der Waals surface area contributed by atoms with Crippen LogP contribution in [0.2, 0.25) is 0 Å². The van der Waals surface area contributed by atoms with E-state index in [1.165, 1.54) is 12.8 Å². The summed E-state index contributed by atoms with van der Waals surface area (Å²) >= 11 is 0. The van der Waals surface area contributed by atoms with Gasteiger partial charge >= 0.3 is 0 Å². The summed E-state index contributed by atoms with van der Waals surface area (Å²) in [5.41, 5.74) is 0.426. The molecule has 7 nitrogen and oxygen atoms in total. The average Bonchev–Trinajstić information content (AvgIpc) is 3.17.